The van der Waals surface area contributed by atoms with E-state index in [-0.39, 0.29) is 6.04 Å². The normalized spacial score (nSPS) is 24.4. The van der Waals surface area contributed by atoms with Crippen molar-refractivity contribution in [1.82, 2.24) is 4.90 Å². The second-order valence-corrected chi connectivity index (χ2v) is 5.82. The molecule has 1 heterocycles. The average Bonchev–Trinajstić information content (AvgIpc) is 2.35. The Balaban J connectivity index is 2.19. The predicted molar refractivity (Wildman–Crippen MR) is 76.1 cm³/mol. The molecule has 0 radical (unpaired) electrons. The lowest BCUT2D eigenvalue weighted by Gasteiger charge is -2.36. The lowest BCUT2D eigenvalue weighted by Crippen LogP contribution is -2.46. The lowest BCUT2D eigenvalue weighted by molar-refractivity contribution is -0.145. The largest absolute Gasteiger partial charge is 0.480 e. The lowest BCUT2D eigenvalue weighted by atomic mass is 9.91. The number of hydrogen-bond donors (Lipinski definition) is 1. The van der Waals surface area contributed by atoms with Gasteiger partial charge in [-0.3, -0.25) is 9.69 Å². The molecule has 1 aromatic carbocycles. The van der Waals surface area contributed by atoms with Crippen LogP contribution in [0.1, 0.15) is 36.5 Å². The first-order chi connectivity index (χ1) is 8.99. The summed E-state index contributed by atoms with van der Waals surface area (Å²) < 4.78 is 0. The molecule has 104 valence electrons. The molecule has 0 aliphatic carbocycles. The molecule has 3 heteroatoms. The summed E-state index contributed by atoms with van der Waals surface area (Å²) in [6.45, 7) is 7.98. The van der Waals surface area contributed by atoms with E-state index in [9.17, 15) is 9.90 Å². The summed E-state index contributed by atoms with van der Waals surface area (Å²) >= 11 is 0. The number of likely N-dealkylation sites (tertiary alicyclic amines) is 1. The minimum atomic E-state index is -0.683. The van der Waals surface area contributed by atoms with Gasteiger partial charge < -0.3 is 5.11 Å². The van der Waals surface area contributed by atoms with Gasteiger partial charge in [-0.25, -0.2) is 0 Å². The van der Waals surface area contributed by atoms with Gasteiger partial charge in [0.05, 0.1) is 0 Å². The molecule has 1 aliphatic rings. The van der Waals surface area contributed by atoms with Crippen LogP contribution in [-0.2, 0) is 11.3 Å². The van der Waals surface area contributed by atoms with Crippen molar-refractivity contribution in [2.75, 3.05) is 6.54 Å². The average molecular weight is 261 g/mol. The van der Waals surface area contributed by atoms with Crippen LogP contribution in [0, 0.1) is 19.8 Å². The molecule has 2 atom stereocenters. The summed E-state index contributed by atoms with van der Waals surface area (Å²) in [4.78, 5) is 13.6. The number of carboxylic acids is 1. The van der Waals surface area contributed by atoms with Gasteiger partial charge in [-0.1, -0.05) is 25.1 Å². The minimum Gasteiger partial charge on any atom is -0.480 e. The van der Waals surface area contributed by atoms with Crippen LogP contribution in [0.25, 0.3) is 0 Å². The Labute approximate surface area is 115 Å². The van der Waals surface area contributed by atoms with Crippen molar-refractivity contribution in [3.63, 3.8) is 0 Å². The summed E-state index contributed by atoms with van der Waals surface area (Å²) in [5, 5.41) is 9.40. The highest BCUT2D eigenvalue weighted by molar-refractivity contribution is 5.73. The van der Waals surface area contributed by atoms with Gasteiger partial charge in [0.25, 0.3) is 0 Å². The van der Waals surface area contributed by atoms with Crippen molar-refractivity contribution >= 4 is 5.97 Å². The summed E-state index contributed by atoms with van der Waals surface area (Å²) in [5.74, 6) is -0.173. The van der Waals surface area contributed by atoms with Crippen LogP contribution in [0.2, 0.25) is 0 Å². The van der Waals surface area contributed by atoms with Crippen molar-refractivity contribution < 1.29 is 9.90 Å². The Morgan fingerprint density at radius 1 is 1.37 bits per heavy atom. The first-order valence-electron chi connectivity index (χ1n) is 7.01. The molecule has 1 N–H and O–H groups in total. The monoisotopic (exact) mass is 261 g/mol. The van der Waals surface area contributed by atoms with E-state index in [0.717, 1.165) is 25.9 Å². The third-order valence-electron chi connectivity index (χ3n) is 4.27. The molecule has 3 nitrogen and oxygen atoms in total. The van der Waals surface area contributed by atoms with Gasteiger partial charge in [0, 0.05) is 6.54 Å². The van der Waals surface area contributed by atoms with E-state index in [1.54, 1.807) is 0 Å². The highest BCUT2D eigenvalue weighted by Gasteiger charge is 2.31. The third-order valence-corrected chi connectivity index (χ3v) is 4.27. The SMILES string of the molecule is Cc1cccc(C)c1CN1CCC(C)CC1C(=O)O. The number of carbonyl (C=O) groups is 1. The second kappa shape index (κ2) is 5.74. The topological polar surface area (TPSA) is 40.5 Å². The minimum absolute atomic E-state index is 0.331. The number of carboxylic acid groups (broad SMARTS) is 1. The fourth-order valence-electron chi connectivity index (χ4n) is 2.94. The van der Waals surface area contributed by atoms with E-state index in [1.165, 1.54) is 16.7 Å². The summed E-state index contributed by atoms with van der Waals surface area (Å²) in [6, 6.07) is 5.93. The Hall–Kier alpha value is -1.35. The Bertz CT molecular complexity index is 450. The number of rotatable bonds is 3. The molecule has 0 aromatic heterocycles. The van der Waals surface area contributed by atoms with Crippen molar-refractivity contribution in [1.29, 1.82) is 0 Å². The maximum Gasteiger partial charge on any atom is 0.320 e. The molecule has 2 unspecified atom stereocenters. The highest BCUT2D eigenvalue weighted by atomic mass is 16.4. The fourth-order valence-corrected chi connectivity index (χ4v) is 2.94. The Morgan fingerprint density at radius 2 is 2.00 bits per heavy atom. The van der Waals surface area contributed by atoms with Crippen molar-refractivity contribution in [3.8, 4) is 0 Å². The molecular weight excluding hydrogens is 238 g/mol. The maximum absolute atomic E-state index is 11.4. The first-order valence-corrected chi connectivity index (χ1v) is 7.01. The Morgan fingerprint density at radius 3 is 2.58 bits per heavy atom. The van der Waals surface area contributed by atoms with Crippen molar-refractivity contribution in [2.24, 2.45) is 5.92 Å². The van der Waals surface area contributed by atoms with Crippen LogP contribution in [0.15, 0.2) is 18.2 Å². The molecule has 0 bridgehead atoms. The molecule has 2 rings (SSSR count). The molecule has 19 heavy (non-hydrogen) atoms. The molecule has 1 aromatic rings. The zero-order chi connectivity index (χ0) is 14.0. The third kappa shape index (κ3) is 3.16. The van der Waals surface area contributed by atoms with Crippen LogP contribution in [-0.4, -0.2) is 28.6 Å². The van der Waals surface area contributed by atoms with E-state index in [0.29, 0.717) is 5.92 Å². The molecule has 0 saturated carbocycles. The molecule has 0 amide bonds. The van der Waals surface area contributed by atoms with E-state index < -0.39 is 5.97 Å². The van der Waals surface area contributed by atoms with Gasteiger partial charge in [-0.15, -0.1) is 0 Å². The van der Waals surface area contributed by atoms with E-state index in [2.05, 4.69) is 43.9 Å². The number of nitrogens with zero attached hydrogens (tertiary/aromatic N) is 1. The number of hydrogen-bond acceptors (Lipinski definition) is 2. The number of benzene rings is 1. The molecule has 1 saturated heterocycles. The number of aliphatic carboxylic acids is 1. The summed E-state index contributed by atoms with van der Waals surface area (Å²) in [5.41, 5.74) is 3.79. The van der Waals surface area contributed by atoms with Crippen LogP contribution in [0.5, 0.6) is 0 Å². The fraction of sp³-hybridized carbons (Fsp3) is 0.562. The van der Waals surface area contributed by atoms with Gasteiger partial charge in [-0.05, 0) is 55.8 Å². The summed E-state index contributed by atoms with van der Waals surface area (Å²) in [7, 11) is 0. The van der Waals surface area contributed by atoms with Crippen LogP contribution in [0.3, 0.4) is 0 Å². The van der Waals surface area contributed by atoms with Crippen molar-refractivity contribution in [3.05, 3.63) is 34.9 Å². The zero-order valence-corrected chi connectivity index (χ0v) is 12.0. The van der Waals surface area contributed by atoms with Gasteiger partial charge >= 0.3 is 5.97 Å². The molecule has 0 spiro atoms. The van der Waals surface area contributed by atoms with Crippen LogP contribution < -0.4 is 0 Å². The smallest absolute Gasteiger partial charge is 0.320 e. The predicted octanol–water partition coefficient (Wildman–Crippen LogP) is 2.99. The molecule has 1 aliphatic heterocycles. The Kier molecular flexibility index (Phi) is 4.25. The van der Waals surface area contributed by atoms with Gasteiger partial charge in [-0.2, -0.15) is 0 Å². The standard InChI is InChI=1S/C16H23NO2/c1-11-7-8-17(15(9-11)16(18)19)10-14-12(2)5-4-6-13(14)3/h4-6,11,15H,7-10H2,1-3H3,(H,18,19). The van der Waals surface area contributed by atoms with Gasteiger partial charge in [0.1, 0.15) is 6.04 Å². The van der Waals surface area contributed by atoms with E-state index in [4.69, 9.17) is 0 Å². The van der Waals surface area contributed by atoms with Crippen molar-refractivity contribution in [2.45, 2.75) is 46.2 Å². The van der Waals surface area contributed by atoms with E-state index >= 15 is 0 Å². The zero-order valence-electron chi connectivity index (χ0n) is 12.0. The quantitative estimate of drug-likeness (QED) is 0.909. The number of piperidine rings is 1. The van der Waals surface area contributed by atoms with Crippen LogP contribution >= 0.6 is 0 Å². The van der Waals surface area contributed by atoms with E-state index in [1.807, 2.05) is 0 Å². The number of aryl methyl sites for hydroxylation is 2. The summed E-state index contributed by atoms with van der Waals surface area (Å²) in [6.07, 6.45) is 1.86. The highest BCUT2D eigenvalue weighted by Crippen LogP contribution is 2.26. The maximum atomic E-state index is 11.4. The first kappa shape index (κ1) is 14.1. The molecule has 1 fully saturated rings. The van der Waals surface area contributed by atoms with Gasteiger partial charge in [0.15, 0.2) is 0 Å². The van der Waals surface area contributed by atoms with Gasteiger partial charge in [0.2, 0.25) is 0 Å². The van der Waals surface area contributed by atoms with Crippen LogP contribution in [0.4, 0.5) is 0 Å². The molecular formula is C16H23NO2. The second-order valence-electron chi connectivity index (χ2n) is 5.82.